The monoisotopic (exact) mass is 237 g/mol. The van der Waals surface area contributed by atoms with Gasteiger partial charge in [-0.2, -0.15) is 0 Å². The molecule has 2 heteroatoms. The Hall–Kier alpha value is -0.760. The van der Waals surface area contributed by atoms with Gasteiger partial charge in [-0.1, -0.05) is 29.8 Å². The summed E-state index contributed by atoms with van der Waals surface area (Å²) < 4.78 is 1.13. The fourth-order valence-electron chi connectivity index (χ4n) is 1.44. The Morgan fingerprint density at radius 2 is 2.00 bits per heavy atom. The van der Waals surface area contributed by atoms with Crippen LogP contribution < -0.4 is 0 Å². The average Bonchev–Trinajstić information content (AvgIpc) is 2.46. The zero-order valence-electron chi connectivity index (χ0n) is 7.76. The summed E-state index contributed by atoms with van der Waals surface area (Å²) in [6.45, 7) is 4.39. The minimum Gasteiger partial charge on any atom is -0.358 e. The van der Waals surface area contributed by atoms with Crippen LogP contribution in [0.3, 0.4) is 0 Å². The minimum absolute atomic E-state index is 0.561. The van der Waals surface area contributed by atoms with Crippen molar-refractivity contribution in [2.45, 2.75) is 19.8 Å². The van der Waals surface area contributed by atoms with Crippen molar-refractivity contribution in [2.24, 2.45) is 0 Å². The van der Waals surface area contributed by atoms with Crippen LogP contribution in [0.2, 0.25) is 0 Å². The molecule has 68 valence electrons. The molecule has 0 bridgehead atoms. The molecular formula is C11H12BrN. The topological polar surface area (TPSA) is 15.8 Å². The zero-order valence-corrected chi connectivity index (χ0v) is 9.35. The standard InChI is InChI=1S/C11H12BrN/c1-7(2)11-6-8-5-9(12)3-4-10(8)13-11/h3-7,13H,1-2H3. The van der Waals surface area contributed by atoms with Gasteiger partial charge in [0.1, 0.15) is 0 Å². The summed E-state index contributed by atoms with van der Waals surface area (Å²) in [6, 6.07) is 8.51. The first kappa shape index (κ1) is 8.82. The van der Waals surface area contributed by atoms with Crippen LogP contribution in [0.4, 0.5) is 0 Å². The van der Waals surface area contributed by atoms with Crippen LogP contribution in [0.15, 0.2) is 28.7 Å². The first-order chi connectivity index (χ1) is 6.16. The van der Waals surface area contributed by atoms with E-state index < -0.39 is 0 Å². The Bertz CT molecular complexity index is 429. The molecule has 1 heterocycles. The Morgan fingerprint density at radius 1 is 1.23 bits per heavy atom. The van der Waals surface area contributed by atoms with Crippen molar-refractivity contribution in [3.63, 3.8) is 0 Å². The first-order valence-electron chi connectivity index (χ1n) is 4.45. The van der Waals surface area contributed by atoms with Crippen molar-refractivity contribution in [1.29, 1.82) is 0 Å². The number of fused-ring (bicyclic) bond motifs is 1. The number of nitrogens with one attached hydrogen (secondary N) is 1. The minimum atomic E-state index is 0.561. The summed E-state index contributed by atoms with van der Waals surface area (Å²) in [5, 5.41) is 1.28. The molecule has 1 aromatic carbocycles. The summed E-state index contributed by atoms with van der Waals surface area (Å²) in [5.41, 5.74) is 2.51. The van der Waals surface area contributed by atoms with E-state index in [1.807, 2.05) is 0 Å². The van der Waals surface area contributed by atoms with E-state index in [9.17, 15) is 0 Å². The lowest BCUT2D eigenvalue weighted by molar-refractivity contribution is 0.836. The molecule has 0 aliphatic carbocycles. The number of rotatable bonds is 1. The summed E-state index contributed by atoms with van der Waals surface area (Å²) >= 11 is 3.46. The normalized spacial score (nSPS) is 11.4. The van der Waals surface area contributed by atoms with Gasteiger partial charge in [0.15, 0.2) is 0 Å². The largest absolute Gasteiger partial charge is 0.358 e. The second kappa shape index (κ2) is 3.18. The van der Waals surface area contributed by atoms with Crippen molar-refractivity contribution >= 4 is 26.8 Å². The zero-order chi connectivity index (χ0) is 9.42. The lowest BCUT2D eigenvalue weighted by atomic mass is 10.1. The maximum Gasteiger partial charge on any atom is 0.0456 e. The maximum atomic E-state index is 3.46. The van der Waals surface area contributed by atoms with Crippen LogP contribution in [0.25, 0.3) is 10.9 Å². The van der Waals surface area contributed by atoms with Crippen molar-refractivity contribution in [1.82, 2.24) is 4.98 Å². The van der Waals surface area contributed by atoms with Crippen LogP contribution in [-0.2, 0) is 0 Å². The summed E-state index contributed by atoms with van der Waals surface area (Å²) in [6.07, 6.45) is 0. The van der Waals surface area contributed by atoms with Crippen LogP contribution >= 0.6 is 15.9 Å². The van der Waals surface area contributed by atoms with Crippen molar-refractivity contribution in [3.05, 3.63) is 34.4 Å². The number of H-pyrrole nitrogens is 1. The molecule has 0 aliphatic heterocycles. The number of aromatic amines is 1. The Kier molecular flexibility index (Phi) is 2.16. The summed E-state index contributed by atoms with van der Waals surface area (Å²) in [4.78, 5) is 3.40. The van der Waals surface area contributed by atoms with E-state index >= 15 is 0 Å². The second-order valence-corrected chi connectivity index (χ2v) is 4.53. The molecule has 0 saturated heterocycles. The molecule has 2 aromatic rings. The molecule has 0 unspecified atom stereocenters. The number of benzene rings is 1. The fraction of sp³-hybridized carbons (Fsp3) is 0.273. The quantitative estimate of drug-likeness (QED) is 0.771. The summed E-state index contributed by atoms with van der Waals surface area (Å²) in [7, 11) is 0. The van der Waals surface area contributed by atoms with Gasteiger partial charge >= 0.3 is 0 Å². The highest BCUT2D eigenvalue weighted by atomic mass is 79.9. The van der Waals surface area contributed by atoms with Crippen LogP contribution in [-0.4, -0.2) is 4.98 Å². The molecule has 0 atom stereocenters. The van der Waals surface area contributed by atoms with E-state index in [2.05, 4.69) is 59.0 Å². The smallest absolute Gasteiger partial charge is 0.0456 e. The molecule has 1 N–H and O–H groups in total. The van der Waals surface area contributed by atoms with E-state index in [1.54, 1.807) is 0 Å². The highest BCUT2D eigenvalue weighted by molar-refractivity contribution is 9.10. The van der Waals surface area contributed by atoms with E-state index in [0.29, 0.717) is 5.92 Å². The Morgan fingerprint density at radius 3 is 2.69 bits per heavy atom. The predicted octanol–water partition coefficient (Wildman–Crippen LogP) is 4.05. The van der Waals surface area contributed by atoms with Crippen molar-refractivity contribution in [3.8, 4) is 0 Å². The third kappa shape index (κ3) is 1.63. The molecule has 0 aliphatic rings. The molecule has 13 heavy (non-hydrogen) atoms. The van der Waals surface area contributed by atoms with Gasteiger partial charge in [-0.25, -0.2) is 0 Å². The molecule has 1 aromatic heterocycles. The number of aromatic nitrogens is 1. The van der Waals surface area contributed by atoms with Gasteiger partial charge in [0.05, 0.1) is 0 Å². The number of hydrogen-bond acceptors (Lipinski definition) is 0. The lowest BCUT2D eigenvalue weighted by Gasteiger charge is -1.97. The number of hydrogen-bond donors (Lipinski definition) is 1. The van der Waals surface area contributed by atoms with Crippen molar-refractivity contribution in [2.75, 3.05) is 0 Å². The molecule has 1 nitrogen and oxygen atoms in total. The highest BCUT2D eigenvalue weighted by Crippen LogP contribution is 2.23. The Balaban J connectivity index is 2.62. The van der Waals surface area contributed by atoms with Gasteiger partial charge in [0, 0.05) is 21.1 Å². The van der Waals surface area contributed by atoms with Gasteiger partial charge in [-0.3, -0.25) is 0 Å². The van der Waals surface area contributed by atoms with E-state index in [-0.39, 0.29) is 0 Å². The third-order valence-corrected chi connectivity index (χ3v) is 2.72. The molecule has 0 fully saturated rings. The van der Waals surface area contributed by atoms with E-state index in [4.69, 9.17) is 0 Å². The summed E-state index contributed by atoms with van der Waals surface area (Å²) in [5.74, 6) is 0.561. The van der Waals surface area contributed by atoms with Crippen LogP contribution in [0.5, 0.6) is 0 Å². The molecular weight excluding hydrogens is 226 g/mol. The van der Waals surface area contributed by atoms with Crippen LogP contribution in [0.1, 0.15) is 25.5 Å². The Labute approximate surface area is 86.3 Å². The van der Waals surface area contributed by atoms with E-state index in [0.717, 1.165) is 4.47 Å². The van der Waals surface area contributed by atoms with Gasteiger partial charge in [0.25, 0.3) is 0 Å². The molecule has 0 spiro atoms. The third-order valence-electron chi connectivity index (χ3n) is 2.23. The average molecular weight is 238 g/mol. The first-order valence-corrected chi connectivity index (χ1v) is 5.24. The van der Waals surface area contributed by atoms with Gasteiger partial charge < -0.3 is 4.98 Å². The SMILES string of the molecule is CC(C)c1cc2cc(Br)ccc2[nH]1. The van der Waals surface area contributed by atoms with E-state index in [1.165, 1.54) is 16.6 Å². The molecule has 0 radical (unpaired) electrons. The molecule has 2 rings (SSSR count). The van der Waals surface area contributed by atoms with Crippen molar-refractivity contribution < 1.29 is 0 Å². The van der Waals surface area contributed by atoms with Gasteiger partial charge in [0.2, 0.25) is 0 Å². The molecule has 0 amide bonds. The lowest BCUT2D eigenvalue weighted by Crippen LogP contribution is -1.84. The molecule has 0 saturated carbocycles. The highest BCUT2D eigenvalue weighted by Gasteiger charge is 2.03. The number of halogens is 1. The van der Waals surface area contributed by atoms with Gasteiger partial charge in [-0.05, 0) is 30.2 Å². The maximum absolute atomic E-state index is 3.46. The fourth-order valence-corrected chi connectivity index (χ4v) is 1.82. The predicted molar refractivity (Wildman–Crippen MR) is 60.1 cm³/mol. The second-order valence-electron chi connectivity index (χ2n) is 3.61. The van der Waals surface area contributed by atoms with Gasteiger partial charge in [-0.15, -0.1) is 0 Å². The van der Waals surface area contributed by atoms with Crippen LogP contribution in [0, 0.1) is 0 Å².